The van der Waals surface area contributed by atoms with Crippen molar-refractivity contribution in [1.82, 2.24) is 9.55 Å². The molecule has 1 N–H and O–H groups in total. The molecule has 1 heterocycles. The van der Waals surface area contributed by atoms with Crippen LogP contribution in [-0.4, -0.2) is 29.9 Å². The smallest absolute Gasteiger partial charge is 0.339 e. The van der Waals surface area contributed by atoms with Crippen molar-refractivity contribution in [2.75, 3.05) is 20.4 Å². The molecule has 0 bridgehead atoms. The Hall–Kier alpha value is -0.650. The minimum absolute atomic E-state index is 0.0107. The Labute approximate surface area is 136 Å². The van der Waals surface area contributed by atoms with Crippen LogP contribution in [-0.2, 0) is 28.8 Å². The number of aromatic nitrogens is 2. The molecule has 1 aromatic rings. The summed E-state index contributed by atoms with van der Waals surface area (Å²) in [6.07, 6.45) is 4.67. The van der Waals surface area contributed by atoms with Gasteiger partial charge < -0.3 is 9.05 Å². The summed E-state index contributed by atoms with van der Waals surface area (Å²) in [7, 11) is -1.34. The zero-order chi connectivity index (χ0) is 17.3. The van der Waals surface area contributed by atoms with Gasteiger partial charge in [-0.1, -0.05) is 12.2 Å². The van der Waals surface area contributed by atoms with Crippen molar-refractivity contribution in [3.8, 4) is 0 Å². The van der Waals surface area contributed by atoms with E-state index in [2.05, 4.69) is 4.98 Å². The van der Waals surface area contributed by atoms with E-state index in [1.165, 1.54) is 25.0 Å². The summed E-state index contributed by atoms with van der Waals surface area (Å²) in [6, 6.07) is 0. The quantitative estimate of drug-likeness (QED) is 0.485. The lowest BCUT2D eigenvalue weighted by Gasteiger charge is -2.14. The topological polar surface area (TPSA) is 109 Å². The first kappa shape index (κ1) is 20.4. The maximum Gasteiger partial charge on any atom is 0.344 e. The minimum atomic E-state index is -3.36. The van der Waals surface area contributed by atoms with Crippen LogP contribution in [0.3, 0.4) is 0 Å². The molecule has 0 radical (unpaired) electrons. The molecule has 12 heteroatoms. The van der Waals surface area contributed by atoms with Gasteiger partial charge in [-0.3, -0.25) is 27.5 Å². The lowest BCUT2D eigenvalue weighted by atomic mass is 10.4. The molecule has 1 rings (SSSR count). The Balaban J connectivity index is 2.68. The monoisotopic (exact) mass is 384 g/mol. The summed E-state index contributed by atoms with van der Waals surface area (Å²) in [5.41, 5.74) is -0.497. The van der Waals surface area contributed by atoms with E-state index in [1.54, 1.807) is 19.1 Å². The Kier molecular flexibility index (Phi) is 9.10. The van der Waals surface area contributed by atoms with Crippen LogP contribution in [0, 0.1) is 6.92 Å². The van der Waals surface area contributed by atoms with Gasteiger partial charge in [-0.25, -0.2) is 4.79 Å². The van der Waals surface area contributed by atoms with Crippen LogP contribution in [0.2, 0.25) is 0 Å². The van der Waals surface area contributed by atoms with Crippen LogP contribution in [0.1, 0.15) is 5.56 Å². The second kappa shape index (κ2) is 10.3. The number of hydrogen-bond donors (Lipinski definition) is 1. The van der Waals surface area contributed by atoms with Crippen molar-refractivity contribution in [3.63, 3.8) is 0 Å². The second-order valence-corrected chi connectivity index (χ2v) is 8.44. The van der Waals surface area contributed by atoms with Gasteiger partial charge in [-0.05, 0) is 6.92 Å². The van der Waals surface area contributed by atoms with Crippen LogP contribution < -0.4 is 11.2 Å². The fourth-order valence-corrected chi connectivity index (χ4v) is 4.42. The van der Waals surface area contributed by atoms with E-state index in [1.807, 2.05) is 0 Å². The molecule has 0 amide bonds. The van der Waals surface area contributed by atoms with Crippen LogP contribution in [0.4, 0.5) is 0 Å². The normalized spacial score (nSPS) is 15.3. The van der Waals surface area contributed by atoms with E-state index >= 15 is 0 Å². The Morgan fingerprint density at radius 2 is 1.83 bits per heavy atom. The second-order valence-electron chi connectivity index (χ2n) is 4.25. The van der Waals surface area contributed by atoms with Crippen LogP contribution >= 0.6 is 25.7 Å². The molecule has 2 atom stereocenters. The number of nitrogens with one attached hydrogen (secondary N) is 1. The van der Waals surface area contributed by atoms with E-state index < -0.39 is 36.9 Å². The van der Waals surface area contributed by atoms with Gasteiger partial charge in [0, 0.05) is 32.5 Å². The van der Waals surface area contributed by atoms with Crippen molar-refractivity contribution < 1.29 is 22.2 Å². The van der Waals surface area contributed by atoms with Gasteiger partial charge in [0.1, 0.15) is 0 Å². The van der Waals surface area contributed by atoms with Crippen molar-refractivity contribution in [1.29, 1.82) is 0 Å². The highest BCUT2D eigenvalue weighted by atomic mass is 31.3. The maximum absolute atomic E-state index is 12.4. The third-order valence-electron chi connectivity index (χ3n) is 2.51. The molecule has 1 aromatic heterocycles. The van der Waals surface area contributed by atoms with E-state index in [-0.39, 0.29) is 12.7 Å². The predicted molar refractivity (Wildman–Crippen MR) is 90.5 cm³/mol. The van der Waals surface area contributed by atoms with Crippen molar-refractivity contribution in [2.45, 2.75) is 13.5 Å². The summed E-state index contributed by atoms with van der Waals surface area (Å²) in [5.74, 6) is 0. The van der Waals surface area contributed by atoms with Crippen LogP contribution in [0.25, 0.3) is 0 Å². The van der Waals surface area contributed by atoms with Gasteiger partial charge in [0.2, 0.25) is 0 Å². The number of rotatable bonds is 10. The summed E-state index contributed by atoms with van der Waals surface area (Å²) in [5, 5.41) is 0. The molecule has 0 fully saturated rings. The van der Waals surface area contributed by atoms with Gasteiger partial charge in [0.25, 0.3) is 5.56 Å². The SMILES string of the molecule is COPOP(=O)(C/C=C/Cn1cc(C)c(=O)[nH]c1=O)OPOC. The highest BCUT2D eigenvalue weighted by Crippen LogP contribution is 2.57. The minimum Gasteiger partial charge on any atom is -0.339 e. The fourth-order valence-electron chi connectivity index (χ4n) is 1.43. The number of hydrogen-bond acceptors (Lipinski definition) is 7. The molecular formula is C11H19N2O7P3. The zero-order valence-corrected chi connectivity index (χ0v) is 15.8. The Bertz CT molecular complexity index is 673. The molecule has 0 aliphatic carbocycles. The highest BCUT2D eigenvalue weighted by Gasteiger charge is 2.23. The summed E-state index contributed by atoms with van der Waals surface area (Å²) in [4.78, 5) is 25.1. The number of aryl methyl sites for hydroxylation is 1. The molecule has 0 saturated carbocycles. The molecule has 23 heavy (non-hydrogen) atoms. The highest BCUT2D eigenvalue weighted by molar-refractivity contribution is 7.63. The standard InChI is InChI=1S/C11H19N2O7P3/c1-9-8-13(11(15)12-10(9)14)6-4-5-7-23(16,19-21-17-2)20-22-18-3/h4-5,8,21-22H,6-7H2,1-3H3,(H,12,14,15)/b5-4+. The van der Waals surface area contributed by atoms with E-state index in [4.69, 9.17) is 17.7 Å². The fraction of sp³-hybridized carbons (Fsp3) is 0.455. The third kappa shape index (κ3) is 7.19. The lowest BCUT2D eigenvalue weighted by molar-refractivity contribution is 0.355. The first-order valence-electron chi connectivity index (χ1n) is 6.39. The van der Waals surface area contributed by atoms with Crippen molar-refractivity contribution >= 4 is 25.7 Å². The van der Waals surface area contributed by atoms with Crippen LogP contribution in [0.5, 0.6) is 0 Å². The maximum atomic E-state index is 12.4. The summed E-state index contributed by atoms with van der Waals surface area (Å²) < 4.78 is 33.3. The van der Waals surface area contributed by atoms with Crippen molar-refractivity contribution in [3.05, 3.63) is 44.8 Å². The molecule has 9 nitrogen and oxygen atoms in total. The Morgan fingerprint density at radius 3 is 2.39 bits per heavy atom. The third-order valence-corrected chi connectivity index (χ3v) is 6.32. The zero-order valence-electron chi connectivity index (χ0n) is 12.9. The van der Waals surface area contributed by atoms with Crippen molar-refractivity contribution in [2.24, 2.45) is 0 Å². The number of nitrogens with zero attached hydrogens (tertiary/aromatic N) is 1. The summed E-state index contributed by atoms with van der Waals surface area (Å²) in [6.45, 7) is 1.82. The van der Waals surface area contributed by atoms with Gasteiger partial charge >= 0.3 is 13.3 Å². The average molecular weight is 384 g/mol. The van der Waals surface area contributed by atoms with E-state index in [0.717, 1.165) is 0 Å². The van der Waals surface area contributed by atoms with E-state index in [0.29, 0.717) is 5.56 Å². The molecule has 0 aliphatic rings. The molecule has 130 valence electrons. The number of allylic oxidation sites excluding steroid dienone is 2. The Morgan fingerprint density at radius 1 is 1.22 bits per heavy atom. The largest absolute Gasteiger partial charge is 0.344 e. The molecule has 0 aliphatic heterocycles. The average Bonchev–Trinajstić information content (AvgIpc) is 2.52. The van der Waals surface area contributed by atoms with Crippen LogP contribution in [0.15, 0.2) is 27.9 Å². The molecule has 2 unspecified atom stereocenters. The molecule has 0 spiro atoms. The number of aromatic amines is 1. The van der Waals surface area contributed by atoms with Gasteiger partial charge in [-0.15, -0.1) is 0 Å². The molecular weight excluding hydrogens is 365 g/mol. The first-order chi connectivity index (χ1) is 10.9. The predicted octanol–water partition coefficient (Wildman–Crippen LogP) is 1.94. The summed E-state index contributed by atoms with van der Waals surface area (Å²) >= 11 is 0. The van der Waals surface area contributed by atoms with E-state index in [9.17, 15) is 14.2 Å². The first-order valence-corrected chi connectivity index (χ1v) is 9.75. The molecule has 0 saturated heterocycles. The number of H-pyrrole nitrogens is 1. The van der Waals surface area contributed by atoms with Gasteiger partial charge in [-0.2, -0.15) is 0 Å². The molecule has 0 aromatic carbocycles. The van der Waals surface area contributed by atoms with Gasteiger partial charge in [0.05, 0.1) is 6.16 Å². The lowest BCUT2D eigenvalue weighted by Crippen LogP contribution is -2.30. The van der Waals surface area contributed by atoms with Gasteiger partial charge in [0.15, 0.2) is 18.1 Å².